The molecule has 1 aromatic carbocycles. The fraction of sp³-hybridized carbons (Fsp3) is 0.412. The molecule has 0 spiro atoms. The second-order valence-electron chi connectivity index (χ2n) is 5.55. The number of benzene rings is 1. The van der Waals surface area contributed by atoms with Gasteiger partial charge in [0.1, 0.15) is 0 Å². The summed E-state index contributed by atoms with van der Waals surface area (Å²) in [7, 11) is 0. The molecule has 3 heteroatoms. The maximum atomic E-state index is 12.5. The second-order valence-corrected chi connectivity index (χ2v) is 5.55. The molecule has 1 aliphatic rings. The number of hydrogen-bond acceptors (Lipinski definition) is 3. The van der Waals surface area contributed by atoms with Crippen LogP contribution in [0.25, 0.3) is 10.9 Å². The van der Waals surface area contributed by atoms with Crippen molar-refractivity contribution in [1.82, 2.24) is 10.3 Å². The van der Waals surface area contributed by atoms with Crippen molar-refractivity contribution >= 4 is 16.7 Å². The van der Waals surface area contributed by atoms with E-state index in [9.17, 15) is 4.79 Å². The molecule has 0 amide bonds. The lowest BCUT2D eigenvalue weighted by Gasteiger charge is -2.22. The number of piperidine rings is 1. The predicted octanol–water partition coefficient (Wildman–Crippen LogP) is 3.20. The average molecular weight is 268 g/mol. The van der Waals surface area contributed by atoms with Gasteiger partial charge in [0.2, 0.25) is 0 Å². The zero-order valence-corrected chi connectivity index (χ0v) is 11.6. The lowest BCUT2D eigenvalue weighted by Crippen LogP contribution is -2.30. The summed E-state index contributed by atoms with van der Waals surface area (Å²) in [5, 5.41) is 4.38. The van der Waals surface area contributed by atoms with E-state index < -0.39 is 0 Å². The van der Waals surface area contributed by atoms with E-state index >= 15 is 0 Å². The molecule has 1 N–H and O–H groups in total. The van der Waals surface area contributed by atoms with Gasteiger partial charge in [-0.1, -0.05) is 18.2 Å². The molecule has 1 aromatic heterocycles. The summed E-state index contributed by atoms with van der Waals surface area (Å²) in [4.78, 5) is 16.8. The van der Waals surface area contributed by atoms with Gasteiger partial charge in [-0.3, -0.25) is 9.78 Å². The van der Waals surface area contributed by atoms with Gasteiger partial charge in [0.05, 0.1) is 5.52 Å². The zero-order valence-electron chi connectivity index (χ0n) is 11.6. The molecule has 3 nitrogen and oxygen atoms in total. The van der Waals surface area contributed by atoms with Gasteiger partial charge in [0, 0.05) is 23.6 Å². The number of aromatic nitrogens is 1. The summed E-state index contributed by atoms with van der Waals surface area (Å²) in [5.74, 6) is 0.898. The van der Waals surface area contributed by atoms with E-state index in [1.165, 1.54) is 12.8 Å². The van der Waals surface area contributed by atoms with Gasteiger partial charge in [0.25, 0.3) is 0 Å². The molecule has 1 fully saturated rings. The Morgan fingerprint density at radius 2 is 2.25 bits per heavy atom. The van der Waals surface area contributed by atoms with E-state index in [0.29, 0.717) is 12.3 Å². The topological polar surface area (TPSA) is 42.0 Å². The highest BCUT2D eigenvalue weighted by atomic mass is 16.1. The van der Waals surface area contributed by atoms with E-state index in [-0.39, 0.29) is 5.78 Å². The number of ketones is 1. The molecular formula is C17H20N2O. The van der Waals surface area contributed by atoms with Crippen LogP contribution in [0.3, 0.4) is 0 Å². The molecule has 20 heavy (non-hydrogen) atoms. The van der Waals surface area contributed by atoms with E-state index in [0.717, 1.165) is 36.0 Å². The minimum atomic E-state index is 0.245. The van der Waals surface area contributed by atoms with Crippen molar-refractivity contribution in [2.24, 2.45) is 5.92 Å². The van der Waals surface area contributed by atoms with Gasteiger partial charge in [0.15, 0.2) is 5.78 Å². The van der Waals surface area contributed by atoms with Gasteiger partial charge < -0.3 is 5.32 Å². The Labute approximate surface area is 119 Å². The normalized spacial score (nSPS) is 19.1. The number of nitrogens with one attached hydrogen (secondary N) is 1. The summed E-state index contributed by atoms with van der Waals surface area (Å²) < 4.78 is 0. The molecule has 1 atom stereocenters. The van der Waals surface area contributed by atoms with Crippen molar-refractivity contribution in [3.05, 3.63) is 42.1 Å². The summed E-state index contributed by atoms with van der Waals surface area (Å²) in [6.45, 7) is 2.18. The smallest absolute Gasteiger partial charge is 0.163 e. The Morgan fingerprint density at radius 1 is 1.30 bits per heavy atom. The van der Waals surface area contributed by atoms with E-state index in [4.69, 9.17) is 0 Å². The Hall–Kier alpha value is -1.74. The highest BCUT2D eigenvalue weighted by Crippen LogP contribution is 2.21. The van der Waals surface area contributed by atoms with E-state index in [2.05, 4.69) is 10.3 Å². The first kappa shape index (κ1) is 13.3. The molecule has 3 rings (SSSR count). The molecule has 2 heterocycles. The van der Waals surface area contributed by atoms with Gasteiger partial charge in [-0.2, -0.15) is 0 Å². The monoisotopic (exact) mass is 268 g/mol. The molecule has 0 aliphatic carbocycles. The molecule has 0 bridgehead atoms. The number of hydrogen-bond donors (Lipinski definition) is 1. The van der Waals surface area contributed by atoms with Crippen LogP contribution in [0.4, 0.5) is 0 Å². The van der Waals surface area contributed by atoms with Crippen LogP contribution in [0.5, 0.6) is 0 Å². The molecular weight excluding hydrogens is 248 g/mol. The summed E-state index contributed by atoms with van der Waals surface area (Å²) in [5.41, 5.74) is 1.72. The van der Waals surface area contributed by atoms with Crippen LogP contribution in [0.2, 0.25) is 0 Å². The standard InChI is InChI=1S/C17H20N2O/c20-17(9-8-13-4-2-10-18-12-13)15-5-1-7-16-14(15)6-3-11-19-16/h1,3,5-7,11,13,18H,2,4,8-10,12H2. The third-order valence-electron chi connectivity index (χ3n) is 4.12. The van der Waals surface area contributed by atoms with Crippen LogP contribution in [0.1, 0.15) is 36.0 Å². The van der Waals surface area contributed by atoms with Crippen LogP contribution in [0, 0.1) is 5.92 Å². The Bertz CT molecular complexity index is 597. The number of pyridine rings is 1. The van der Waals surface area contributed by atoms with E-state index in [1.807, 2.05) is 30.3 Å². The van der Waals surface area contributed by atoms with Crippen molar-refractivity contribution in [2.75, 3.05) is 13.1 Å². The largest absolute Gasteiger partial charge is 0.316 e. The number of Topliss-reactive ketones (excluding diaryl/α,β-unsaturated/α-hetero) is 1. The second kappa shape index (κ2) is 6.14. The first-order valence-electron chi connectivity index (χ1n) is 7.42. The predicted molar refractivity (Wildman–Crippen MR) is 80.9 cm³/mol. The zero-order chi connectivity index (χ0) is 13.8. The van der Waals surface area contributed by atoms with Gasteiger partial charge in [-0.25, -0.2) is 0 Å². The number of carbonyl (C=O) groups excluding carboxylic acids is 1. The number of carbonyl (C=O) groups is 1. The maximum absolute atomic E-state index is 12.5. The minimum absolute atomic E-state index is 0.245. The van der Waals surface area contributed by atoms with Crippen molar-refractivity contribution < 1.29 is 4.79 Å². The van der Waals surface area contributed by atoms with Crippen LogP contribution in [0.15, 0.2) is 36.5 Å². The number of fused-ring (bicyclic) bond motifs is 1. The first-order chi connectivity index (χ1) is 9.84. The van der Waals surface area contributed by atoms with Crippen LogP contribution < -0.4 is 5.32 Å². The Balaban J connectivity index is 1.72. The van der Waals surface area contributed by atoms with Crippen molar-refractivity contribution in [1.29, 1.82) is 0 Å². The fourth-order valence-electron chi connectivity index (χ4n) is 2.99. The van der Waals surface area contributed by atoms with Crippen LogP contribution in [-0.4, -0.2) is 23.9 Å². The van der Waals surface area contributed by atoms with E-state index in [1.54, 1.807) is 6.20 Å². The van der Waals surface area contributed by atoms with Gasteiger partial charge >= 0.3 is 0 Å². The highest BCUT2D eigenvalue weighted by Gasteiger charge is 2.16. The minimum Gasteiger partial charge on any atom is -0.316 e. The van der Waals surface area contributed by atoms with Crippen LogP contribution in [-0.2, 0) is 0 Å². The fourth-order valence-corrected chi connectivity index (χ4v) is 2.99. The molecule has 104 valence electrons. The SMILES string of the molecule is O=C(CCC1CCCNC1)c1cccc2ncccc12. The maximum Gasteiger partial charge on any atom is 0.163 e. The third kappa shape index (κ3) is 2.88. The number of rotatable bonds is 4. The van der Waals surface area contributed by atoms with Crippen molar-refractivity contribution in [2.45, 2.75) is 25.7 Å². The van der Waals surface area contributed by atoms with Gasteiger partial charge in [-0.05, 0) is 50.4 Å². The third-order valence-corrected chi connectivity index (χ3v) is 4.12. The quantitative estimate of drug-likeness (QED) is 0.866. The summed E-state index contributed by atoms with van der Waals surface area (Å²) >= 11 is 0. The van der Waals surface area contributed by atoms with Crippen molar-refractivity contribution in [3.63, 3.8) is 0 Å². The Kier molecular flexibility index (Phi) is 4.07. The molecule has 0 saturated carbocycles. The van der Waals surface area contributed by atoms with Crippen molar-refractivity contribution in [3.8, 4) is 0 Å². The summed E-state index contributed by atoms with van der Waals surface area (Å²) in [6.07, 6.45) is 5.88. The Morgan fingerprint density at radius 3 is 3.10 bits per heavy atom. The lowest BCUT2D eigenvalue weighted by atomic mass is 9.92. The summed E-state index contributed by atoms with van der Waals surface area (Å²) in [6, 6.07) is 9.68. The highest BCUT2D eigenvalue weighted by molar-refractivity contribution is 6.07. The molecule has 1 aliphatic heterocycles. The molecule has 1 saturated heterocycles. The average Bonchev–Trinajstić information content (AvgIpc) is 2.53. The number of nitrogens with zero attached hydrogens (tertiary/aromatic N) is 1. The lowest BCUT2D eigenvalue weighted by molar-refractivity contribution is 0.0973. The molecule has 0 radical (unpaired) electrons. The molecule has 1 unspecified atom stereocenters. The molecule has 2 aromatic rings. The first-order valence-corrected chi connectivity index (χ1v) is 7.42. The van der Waals surface area contributed by atoms with Crippen LogP contribution >= 0.6 is 0 Å². The van der Waals surface area contributed by atoms with Gasteiger partial charge in [-0.15, -0.1) is 0 Å².